The van der Waals surface area contributed by atoms with Crippen molar-refractivity contribution in [2.75, 3.05) is 39.4 Å². The first kappa shape index (κ1) is 40.8. The number of carbonyl (C=O) groups excluding carboxylic acids is 3. The molecule has 0 saturated carbocycles. The number of nitrogens with zero attached hydrogens (tertiary/aromatic N) is 1. The SMILES string of the molecule is CCCCCCCCCCCCCCCC(=O)NCCN(CCOCCC(=O)[O-])CCC(=O)[O-].[Na+].[Na+]. The minimum atomic E-state index is -1.17. The van der Waals surface area contributed by atoms with Gasteiger partial charge in [0.05, 0.1) is 13.2 Å². The predicted octanol–water partition coefficient (Wildman–Crippen LogP) is -3.81. The van der Waals surface area contributed by atoms with Crippen molar-refractivity contribution in [3.05, 3.63) is 0 Å². The molecule has 200 valence electrons. The molecule has 0 saturated heterocycles. The number of unbranched alkanes of at least 4 members (excludes halogenated alkanes) is 12. The molecule has 0 atom stereocenters. The van der Waals surface area contributed by atoms with Crippen molar-refractivity contribution in [2.24, 2.45) is 0 Å². The second kappa shape index (κ2) is 31.5. The van der Waals surface area contributed by atoms with Crippen molar-refractivity contribution < 1.29 is 88.4 Å². The summed E-state index contributed by atoms with van der Waals surface area (Å²) in [6.45, 7) is 4.28. The second-order valence-electron chi connectivity index (χ2n) is 9.04. The molecule has 0 aromatic heterocycles. The van der Waals surface area contributed by atoms with E-state index >= 15 is 0 Å². The van der Waals surface area contributed by atoms with Gasteiger partial charge in [-0.3, -0.25) is 9.69 Å². The van der Waals surface area contributed by atoms with Crippen LogP contribution in [-0.2, 0) is 19.1 Å². The molecule has 0 heterocycles. The van der Waals surface area contributed by atoms with Crippen molar-refractivity contribution in [3.63, 3.8) is 0 Å². The van der Waals surface area contributed by atoms with E-state index in [9.17, 15) is 24.6 Å². The molecule has 0 aliphatic rings. The van der Waals surface area contributed by atoms with Crippen molar-refractivity contribution in [1.29, 1.82) is 0 Å². The van der Waals surface area contributed by atoms with Crippen LogP contribution < -0.4 is 74.6 Å². The molecule has 0 spiro atoms. The van der Waals surface area contributed by atoms with Gasteiger partial charge in [-0.05, 0) is 12.8 Å². The summed E-state index contributed by atoms with van der Waals surface area (Å²) in [5.74, 6) is -2.28. The number of amides is 1. The molecule has 0 aliphatic carbocycles. The van der Waals surface area contributed by atoms with Crippen LogP contribution in [-0.4, -0.2) is 62.1 Å². The Labute approximate surface area is 263 Å². The summed E-state index contributed by atoms with van der Waals surface area (Å²) in [4.78, 5) is 35.0. The molecule has 1 N–H and O–H groups in total. The molecule has 0 fully saturated rings. The molecule has 0 unspecified atom stereocenters. The molecule has 8 nitrogen and oxygen atoms in total. The van der Waals surface area contributed by atoms with E-state index in [0.717, 1.165) is 12.8 Å². The van der Waals surface area contributed by atoms with E-state index in [4.69, 9.17) is 4.74 Å². The maximum absolute atomic E-state index is 12.0. The van der Waals surface area contributed by atoms with Crippen LogP contribution in [0.4, 0.5) is 0 Å². The molecular formula is C26H48N2Na2O6. The predicted molar refractivity (Wildman–Crippen MR) is 130 cm³/mol. The number of hydrogen-bond donors (Lipinski definition) is 1. The maximum Gasteiger partial charge on any atom is 1.00 e. The first-order chi connectivity index (χ1) is 16.5. The summed E-state index contributed by atoms with van der Waals surface area (Å²) >= 11 is 0. The van der Waals surface area contributed by atoms with Gasteiger partial charge in [0, 0.05) is 51.0 Å². The molecule has 10 heteroatoms. The van der Waals surface area contributed by atoms with Gasteiger partial charge in [-0.15, -0.1) is 0 Å². The third-order valence-electron chi connectivity index (χ3n) is 5.89. The summed E-state index contributed by atoms with van der Waals surface area (Å²) in [5, 5.41) is 24.0. The average Bonchev–Trinajstić information content (AvgIpc) is 2.79. The van der Waals surface area contributed by atoms with Gasteiger partial charge in [-0.1, -0.05) is 84.0 Å². The third-order valence-corrected chi connectivity index (χ3v) is 5.89. The topological polar surface area (TPSA) is 122 Å². The third kappa shape index (κ3) is 32.4. The number of nitrogens with one attached hydrogen (secondary N) is 1. The van der Waals surface area contributed by atoms with Gasteiger partial charge in [0.25, 0.3) is 0 Å². The van der Waals surface area contributed by atoms with E-state index < -0.39 is 11.9 Å². The van der Waals surface area contributed by atoms with E-state index in [0.29, 0.717) is 32.6 Å². The zero-order valence-corrected chi connectivity index (χ0v) is 27.5. The molecule has 0 bridgehead atoms. The van der Waals surface area contributed by atoms with Crippen LogP contribution in [0.2, 0.25) is 0 Å². The Morgan fingerprint density at radius 3 is 1.64 bits per heavy atom. The van der Waals surface area contributed by atoms with E-state index in [1.807, 2.05) is 4.90 Å². The van der Waals surface area contributed by atoms with E-state index in [-0.39, 0.29) is 91.1 Å². The first-order valence-corrected chi connectivity index (χ1v) is 13.4. The van der Waals surface area contributed by atoms with Crippen LogP contribution in [0.3, 0.4) is 0 Å². The van der Waals surface area contributed by atoms with Crippen LogP contribution >= 0.6 is 0 Å². The fourth-order valence-electron chi connectivity index (χ4n) is 3.78. The number of ether oxygens (including phenoxy) is 1. The number of hydrogen-bond acceptors (Lipinski definition) is 7. The molecule has 0 aliphatic heterocycles. The van der Waals surface area contributed by atoms with Gasteiger partial charge in [0.1, 0.15) is 0 Å². The Morgan fingerprint density at radius 2 is 1.14 bits per heavy atom. The Kier molecular flexibility index (Phi) is 35.8. The van der Waals surface area contributed by atoms with Crippen molar-refractivity contribution in [2.45, 2.75) is 110 Å². The summed E-state index contributed by atoms with van der Waals surface area (Å²) in [7, 11) is 0. The van der Waals surface area contributed by atoms with Gasteiger partial charge in [-0.2, -0.15) is 0 Å². The normalized spacial score (nSPS) is 10.5. The fraction of sp³-hybridized carbons (Fsp3) is 0.885. The van der Waals surface area contributed by atoms with Gasteiger partial charge < -0.3 is 29.9 Å². The van der Waals surface area contributed by atoms with Gasteiger partial charge in [-0.25, -0.2) is 0 Å². The van der Waals surface area contributed by atoms with E-state index in [1.54, 1.807) is 0 Å². The summed E-state index contributed by atoms with van der Waals surface area (Å²) in [5.41, 5.74) is 0. The Balaban J connectivity index is -0.00000544. The number of aliphatic carboxylic acids is 2. The Bertz CT molecular complexity index is 527. The minimum absolute atomic E-state index is 0. The molecule has 0 radical (unpaired) electrons. The van der Waals surface area contributed by atoms with Gasteiger partial charge in [0.15, 0.2) is 0 Å². The Morgan fingerprint density at radius 1 is 0.639 bits per heavy atom. The number of carboxylic acids is 2. The van der Waals surface area contributed by atoms with E-state index in [1.165, 1.54) is 70.6 Å². The molecular weight excluding hydrogens is 482 g/mol. The summed E-state index contributed by atoms with van der Waals surface area (Å²) in [6.07, 6.45) is 16.8. The van der Waals surface area contributed by atoms with Crippen LogP contribution in [0.1, 0.15) is 110 Å². The number of carbonyl (C=O) groups is 3. The summed E-state index contributed by atoms with van der Waals surface area (Å²) in [6, 6.07) is 0. The van der Waals surface area contributed by atoms with Crippen molar-refractivity contribution >= 4 is 17.8 Å². The smallest absolute Gasteiger partial charge is 0.550 e. The molecule has 0 rings (SSSR count). The van der Waals surface area contributed by atoms with Crippen LogP contribution in [0.25, 0.3) is 0 Å². The molecule has 36 heavy (non-hydrogen) atoms. The largest absolute Gasteiger partial charge is 1.00 e. The van der Waals surface area contributed by atoms with Crippen LogP contribution in [0.5, 0.6) is 0 Å². The van der Waals surface area contributed by atoms with E-state index in [2.05, 4.69) is 12.2 Å². The van der Waals surface area contributed by atoms with Gasteiger partial charge >= 0.3 is 59.1 Å². The average molecular weight is 531 g/mol. The fourth-order valence-corrected chi connectivity index (χ4v) is 3.78. The zero-order valence-electron chi connectivity index (χ0n) is 23.5. The monoisotopic (exact) mass is 530 g/mol. The summed E-state index contributed by atoms with van der Waals surface area (Å²) < 4.78 is 5.23. The standard InChI is InChI=1S/C26H50N2O6.2Na/c1-2-3-4-5-6-7-8-9-10-11-12-13-14-15-24(29)27-18-20-28(19-16-25(30)31)21-23-34-22-17-26(32)33;;/h2-23H2,1H3,(H,27,29)(H,30,31)(H,32,33);;/q;2*+1/p-2. The maximum atomic E-state index is 12.0. The molecule has 0 aromatic rings. The van der Waals surface area contributed by atoms with Gasteiger partial charge in [0.2, 0.25) is 5.91 Å². The minimum Gasteiger partial charge on any atom is -0.550 e. The first-order valence-electron chi connectivity index (χ1n) is 13.4. The number of carboxylic acid groups (broad SMARTS) is 2. The van der Waals surface area contributed by atoms with Crippen molar-refractivity contribution in [1.82, 2.24) is 10.2 Å². The second-order valence-corrected chi connectivity index (χ2v) is 9.04. The van der Waals surface area contributed by atoms with Crippen LogP contribution in [0.15, 0.2) is 0 Å². The molecule has 1 amide bonds. The zero-order chi connectivity index (χ0) is 25.3. The Hall–Kier alpha value is 0.330. The van der Waals surface area contributed by atoms with Crippen LogP contribution in [0, 0.1) is 0 Å². The quantitative estimate of drug-likeness (QED) is 0.0899. The van der Waals surface area contributed by atoms with Crippen molar-refractivity contribution in [3.8, 4) is 0 Å². The number of rotatable bonds is 26. The molecule has 0 aromatic carbocycles.